The highest BCUT2D eigenvalue weighted by molar-refractivity contribution is 5.76. The lowest BCUT2D eigenvalue weighted by molar-refractivity contribution is -0.147. The van der Waals surface area contributed by atoms with Crippen LogP contribution in [0.1, 0.15) is 24.0 Å². The highest BCUT2D eigenvalue weighted by Crippen LogP contribution is 2.35. The molecule has 0 aromatic heterocycles. The summed E-state index contributed by atoms with van der Waals surface area (Å²) in [6, 6.07) is 18.9. The Hall–Kier alpha value is -2.21. The van der Waals surface area contributed by atoms with E-state index in [1.165, 1.54) is 7.11 Å². The molecule has 27 heavy (non-hydrogen) atoms. The number of rotatable bonds is 7. The lowest BCUT2D eigenvalue weighted by Gasteiger charge is -2.38. The van der Waals surface area contributed by atoms with E-state index in [0.717, 1.165) is 17.5 Å². The van der Waals surface area contributed by atoms with E-state index in [1.54, 1.807) is 7.11 Å². The third-order valence-electron chi connectivity index (χ3n) is 5.39. The van der Waals surface area contributed by atoms with E-state index in [4.69, 9.17) is 9.47 Å². The maximum absolute atomic E-state index is 12.3. The van der Waals surface area contributed by atoms with Crippen molar-refractivity contribution in [3.05, 3.63) is 71.8 Å². The van der Waals surface area contributed by atoms with Gasteiger partial charge in [-0.2, -0.15) is 0 Å². The summed E-state index contributed by atoms with van der Waals surface area (Å²) < 4.78 is 10.4. The molecule has 0 radical (unpaired) electrons. The molecule has 5 heteroatoms. The first-order valence-corrected chi connectivity index (χ1v) is 9.26. The number of carbonyl (C=O) groups is 1. The first-order chi connectivity index (χ1) is 13.1. The van der Waals surface area contributed by atoms with E-state index in [2.05, 4.69) is 0 Å². The highest BCUT2D eigenvalue weighted by atomic mass is 16.5. The molecule has 2 aromatic rings. The molecule has 0 spiro atoms. The van der Waals surface area contributed by atoms with Gasteiger partial charge < -0.3 is 14.6 Å². The van der Waals surface area contributed by atoms with Gasteiger partial charge in [0.25, 0.3) is 0 Å². The second kappa shape index (κ2) is 8.65. The van der Waals surface area contributed by atoms with Gasteiger partial charge in [0.05, 0.1) is 13.7 Å². The highest BCUT2D eigenvalue weighted by Gasteiger charge is 2.44. The van der Waals surface area contributed by atoms with Crippen LogP contribution >= 0.6 is 0 Å². The summed E-state index contributed by atoms with van der Waals surface area (Å²) in [4.78, 5) is 14.4. The van der Waals surface area contributed by atoms with Gasteiger partial charge in [-0.3, -0.25) is 9.69 Å². The summed E-state index contributed by atoms with van der Waals surface area (Å²) in [5, 5.41) is 11.8. The smallest absolute Gasteiger partial charge is 0.323 e. The Labute approximate surface area is 160 Å². The normalized spacial score (nSPS) is 20.6. The Kier molecular flexibility index (Phi) is 6.26. The van der Waals surface area contributed by atoms with Gasteiger partial charge >= 0.3 is 5.97 Å². The summed E-state index contributed by atoms with van der Waals surface area (Å²) in [6.07, 6.45) is 1.52. The van der Waals surface area contributed by atoms with Crippen molar-refractivity contribution < 1.29 is 19.4 Å². The summed E-state index contributed by atoms with van der Waals surface area (Å²) in [5.74, 6) is -0.267. The van der Waals surface area contributed by atoms with Gasteiger partial charge in [-0.1, -0.05) is 60.7 Å². The molecule has 1 N–H and O–H groups in total. The topological polar surface area (TPSA) is 59.0 Å². The Morgan fingerprint density at radius 3 is 2.07 bits per heavy atom. The monoisotopic (exact) mass is 369 g/mol. The summed E-state index contributed by atoms with van der Waals surface area (Å²) in [7, 11) is 3.06. The number of ether oxygens (including phenoxy) is 2. The third kappa shape index (κ3) is 4.05. The fourth-order valence-corrected chi connectivity index (χ4v) is 3.98. The van der Waals surface area contributed by atoms with Gasteiger partial charge in [-0.05, 0) is 24.0 Å². The lowest BCUT2D eigenvalue weighted by Crippen LogP contribution is -2.50. The van der Waals surface area contributed by atoms with E-state index in [-0.39, 0.29) is 24.6 Å². The number of benzene rings is 2. The maximum atomic E-state index is 12.3. The number of carbonyl (C=O) groups excluding carboxylic acids is 1. The van der Waals surface area contributed by atoms with Crippen LogP contribution in [0.3, 0.4) is 0 Å². The molecule has 144 valence electrons. The SMILES string of the molecule is COC[C@H]1CC[C@H](C(=O)OC)N1CC(O)(c1ccccc1)c1ccccc1. The third-order valence-corrected chi connectivity index (χ3v) is 5.39. The van der Waals surface area contributed by atoms with Gasteiger partial charge in [-0.15, -0.1) is 0 Å². The summed E-state index contributed by atoms with van der Waals surface area (Å²) in [5.41, 5.74) is 0.344. The van der Waals surface area contributed by atoms with Gasteiger partial charge in [0.15, 0.2) is 0 Å². The van der Waals surface area contributed by atoms with Crippen molar-refractivity contribution in [1.29, 1.82) is 0 Å². The number of hydrogen-bond donors (Lipinski definition) is 1. The van der Waals surface area contributed by atoms with E-state index in [0.29, 0.717) is 13.0 Å². The summed E-state index contributed by atoms with van der Waals surface area (Å²) >= 11 is 0. The molecule has 2 atom stereocenters. The minimum Gasteiger partial charge on any atom is -0.468 e. The van der Waals surface area contributed by atoms with Crippen LogP contribution in [0.4, 0.5) is 0 Å². The Morgan fingerprint density at radius 1 is 1.04 bits per heavy atom. The van der Waals surface area contributed by atoms with E-state index in [9.17, 15) is 9.90 Å². The number of esters is 1. The molecule has 1 aliphatic heterocycles. The minimum absolute atomic E-state index is 0.0537. The molecule has 1 heterocycles. The van der Waals surface area contributed by atoms with Crippen molar-refractivity contribution in [1.82, 2.24) is 4.90 Å². The average molecular weight is 369 g/mol. The first kappa shape index (κ1) is 19.5. The predicted molar refractivity (Wildman–Crippen MR) is 103 cm³/mol. The second-order valence-corrected chi connectivity index (χ2v) is 6.99. The van der Waals surface area contributed by atoms with Crippen LogP contribution in [-0.4, -0.2) is 55.4 Å². The van der Waals surface area contributed by atoms with Crippen molar-refractivity contribution in [2.75, 3.05) is 27.4 Å². The second-order valence-electron chi connectivity index (χ2n) is 6.99. The summed E-state index contributed by atoms with van der Waals surface area (Å²) in [6.45, 7) is 0.794. The minimum atomic E-state index is -1.24. The van der Waals surface area contributed by atoms with Crippen LogP contribution in [0, 0.1) is 0 Å². The quantitative estimate of drug-likeness (QED) is 0.760. The molecular formula is C22H27NO4. The van der Waals surface area contributed by atoms with Crippen molar-refractivity contribution in [2.24, 2.45) is 0 Å². The molecule has 0 unspecified atom stereocenters. The zero-order valence-corrected chi connectivity index (χ0v) is 15.9. The van der Waals surface area contributed by atoms with Gasteiger partial charge in [-0.25, -0.2) is 0 Å². The fraction of sp³-hybridized carbons (Fsp3) is 0.409. The van der Waals surface area contributed by atoms with E-state index < -0.39 is 5.60 Å². The Bertz CT molecular complexity index is 695. The molecule has 1 aliphatic rings. The van der Waals surface area contributed by atoms with E-state index >= 15 is 0 Å². The molecule has 0 aliphatic carbocycles. The number of β-amino-alcohol motifs (C(OH)–C–C–N with tert-alkyl or cyclic N) is 1. The van der Waals surface area contributed by atoms with Crippen LogP contribution in [0.15, 0.2) is 60.7 Å². The van der Waals surface area contributed by atoms with Crippen LogP contribution in [0.25, 0.3) is 0 Å². The largest absolute Gasteiger partial charge is 0.468 e. The van der Waals surface area contributed by atoms with Crippen molar-refractivity contribution in [2.45, 2.75) is 30.5 Å². The number of likely N-dealkylation sites (tertiary alicyclic amines) is 1. The van der Waals surface area contributed by atoms with Crippen molar-refractivity contribution in [3.63, 3.8) is 0 Å². The molecule has 2 aromatic carbocycles. The number of hydrogen-bond acceptors (Lipinski definition) is 5. The van der Waals surface area contributed by atoms with Crippen LogP contribution < -0.4 is 0 Å². The van der Waals surface area contributed by atoms with Gasteiger partial charge in [0.2, 0.25) is 0 Å². The Balaban J connectivity index is 2.00. The van der Waals surface area contributed by atoms with Crippen LogP contribution in [-0.2, 0) is 19.9 Å². The number of nitrogens with zero attached hydrogens (tertiary/aromatic N) is 1. The molecule has 0 saturated carbocycles. The zero-order valence-electron chi connectivity index (χ0n) is 15.9. The molecule has 0 amide bonds. The fourth-order valence-electron chi connectivity index (χ4n) is 3.98. The van der Waals surface area contributed by atoms with Crippen molar-refractivity contribution >= 4 is 5.97 Å². The van der Waals surface area contributed by atoms with Crippen molar-refractivity contribution in [3.8, 4) is 0 Å². The van der Waals surface area contributed by atoms with E-state index in [1.807, 2.05) is 65.6 Å². The van der Waals surface area contributed by atoms with Gasteiger partial charge in [0.1, 0.15) is 11.6 Å². The zero-order chi connectivity index (χ0) is 19.3. The molecule has 5 nitrogen and oxygen atoms in total. The average Bonchev–Trinajstić information content (AvgIpc) is 3.11. The lowest BCUT2D eigenvalue weighted by atomic mass is 9.85. The molecular weight excluding hydrogens is 342 g/mol. The first-order valence-electron chi connectivity index (χ1n) is 9.26. The van der Waals surface area contributed by atoms with Gasteiger partial charge in [0, 0.05) is 19.7 Å². The molecule has 1 saturated heterocycles. The number of methoxy groups -OCH3 is 2. The van der Waals surface area contributed by atoms with Crippen LogP contribution in [0.2, 0.25) is 0 Å². The maximum Gasteiger partial charge on any atom is 0.323 e. The Morgan fingerprint density at radius 2 is 1.59 bits per heavy atom. The standard InChI is InChI=1S/C22H27NO4/c1-26-15-19-13-14-20(21(24)27-2)23(19)16-22(25,17-9-5-3-6-10-17)18-11-7-4-8-12-18/h3-12,19-20,25H,13-16H2,1-2H3/t19-,20-/m1/s1. The number of aliphatic hydroxyl groups is 1. The predicted octanol–water partition coefficient (Wildman–Crippen LogP) is 2.57. The van der Waals surface area contributed by atoms with Crippen LogP contribution in [0.5, 0.6) is 0 Å². The molecule has 0 bridgehead atoms. The molecule has 1 fully saturated rings. The molecule has 3 rings (SSSR count).